The van der Waals surface area contributed by atoms with Crippen molar-refractivity contribution < 1.29 is 19.0 Å². The number of urea groups is 1. The van der Waals surface area contributed by atoms with Crippen LogP contribution in [0.2, 0.25) is 0 Å². The number of halogens is 1. The number of ether oxygens (including phenoxy) is 1. The van der Waals surface area contributed by atoms with E-state index < -0.39 is 5.60 Å². The van der Waals surface area contributed by atoms with Gasteiger partial charge < -0.3 is 25.4 Å². The minimum absolute atomic E-state index is 0.0243. The van der Waals surface area contributed by atoms with Crippen LogP contribution in [-0.4, -0.2) is 66.9 Å². The molecule has 2 heterocycles. The van der Waals surface area contributed by atoms with Crippen LogP contribution >= 0.6 is 0 Å². The number of benzene rings is 2. The number of carbonyl (C=O) groups excluding carboxylic acids is 1. The van der Waals surface area contributed by atoms with Crippen molar-refractivity contribution in [1.29, 1.82) is 0 Å². The Morgan fingerprint density at radius 3 is 2.54 bits per heavy atom. The Kier molecular flexibility index (Phi) is 8.42. The Balaban J connectivity index is 1.64. The fourth-order valence-corrected chi connectivity index (χ4v) is 5.64. The van der Waals surface area contributed by atoms with E-state index in [0.717, 1.165) is 48.8 Å². The van der Waals surface area contributed by atoms with E-state index >= 15 is 0 Å². The molecule has 0 aromatic heterocycles. The predicted octanol–water partition coefficient (Wildman–Crippen LogP) is 4.36. The van der Waals surface area contributed by atoms with Crippen molar-refractivity contribution in [2.24, 2.45) is 11.7 Å². The lowest BCUT2D eigenvalue weighted by Crippen LogP contribution is -2.51. The van der Waals surface area contributed by atoms with Crippen molar-refractivity contribution in [3.63, 3.8) is 0 Å². The molecule has 2 fully saturated rings. The Bertz CT molecular complexity index is 986. The molecule has 7 heteroatoms. The van der Waals surface area contributed by atoms with Crippen LogP contribution in [0.15, 0.2) is 48.5 Å². The predicted molar refractivity (Wildman–Crippen MR) is 135 cm³/mol. The van der Waals surface area contributed by atoms with E-state index in [4.69, 9.17) is 10.5 Å². The second kappa shape index (κ2) is 11.5. The van der Waals surface area contributed by atoms with Crippen molar-refractivity contribution in [2.75, 3.05) is 39.9 Å². The third kappa shape index (κ3) is 5.85. The molecule has 3 N–H and O–H groups in total. The second-order valence-electron chi connectivity index (χ2n) is 9.99. The molecule has 4 rings (SSSR count). The minimum atomic E-state index is -1.13. The molecule has 2 aliphatic heterocycles. The van der Waals surface area contributed by atoms with Gasteiger partial charge in [-0.15, -0.1) is 0 Å². The average Bonchev–Trinajstić information content (AvgIpc) is 3.33. The van der Waals surface area contributed by atoms with E-state index in [1.807, 2.05) is 34.1 Å². The number of unbranched alkanes of at least 4 members (excludes halogenated alkanes) is 1. The summed E-state index contributed by atoms with van der Waals surface area (Å²) in [6.07, 6.45) is 4.72. The Hall–Kier alpha value is -2.48. The number of nitrogens with two attached hydrogens (primary N) is 1. The number of hydrogen-bond donors (Lipinski definition) is 2. The fourth-order valence-electron chi connectivity index (χ4n) is 5.64. The molecule has 0 bridgehead atoms. The number of piperidine rings is 1. The van der Waals surface area contributed by atoms with Crippen LogP contribution in [0.3, 0.4) is 0 Å². The zero-order valence-corrected chi connectivity index (χ0v) is 20.7. The maximum atomic E-state index is 13.6. The van der Waals surface area contributed by atoms with E-state index in [0.29, 0.717) is 39.2 Å². The van der Waals surface area contributed by atoms with E-state index in [2.05, 4.69) is 0 Å². The van der Waals surface area contributed by atoms with E-state index in [1.165, 1.54) is 12.1 Å². The maximum Gasteiger partial charge on any atom is 0.320 e. The van der Waals surface area contributed by atoms with Gasteiger partial charge in [-0.2, -0.15) is 0 Å². The monoisotopic (exact) mass is 483 g/mol. The molecule has 2 amide bonds. The molecule has 6 nitrogen and oxygen atoms in total. The minimum Gasteiger partial charge on any atom is -0.385 e. The Morgan fingerprint density at radius 2 is 1.83 bits per heavy atom. The third-order valence-electron chi connectivity index (χ3n) is 7.57. The highest BCUT2D eigenvalue weighted by molar-refractivity contribution is 5.75. The zero-order chi connectivity index (χ0) is 24.8. The van der Waals surface area contributed by atoms with Crippen LogP contribution in [0.25, 0.3) is 11.1 Å². The highest BCUT2D eigenvalue weighted by atomic mass is 19.1. The van der Waals surface area contributed by atoms with Gasteiger partial charge in [0.25, 0.3) is 0 Å². The van der Waals surface area contributed by atoms with E-state index in [9.17, 15) is 14.3 Å². The molecule has 0 radical (unpaired) electrons. The van der Waals surface area contributed by atoms with Crippen LogP contribution in [0.4, 0.5) is 9.18 Å². The van der Waals surface area contributed by atoms with Crippen molar-refractivity contribution in [3.05, 3.63) is 59.9 Å². The van der Waals surface area contributed by atoms with Gasteiger partial charge in [-0.3, -0.25) is 0 Å². The number of hydrogen-bond acceptors (Lipinski definition) is 4. The number of nitrogens with zero attached hydrogens (tertiary/aromatic N) is 2. The van der Waals surface area contributed by atoms with Crippen LogP contribution in [0.5, 0.6) is 0 Å². The summed E-state index contributed by atoms with van der Waals surface area (Å²) in [6.45, 7) is 3.12. The second-order valence-corrected chi connectivity index (χ2v) is 9.99. The van der Waals surface area contributed by atoms with Crippen molar-refractivity contribution in [1.82, 2.24) is 9.80 Å². The zero-order valence-electron chi connectivity index (χ0n) is 20.7. The van der Waals surface area contributed by atoms with E-state index in [1.54, 1.807) is 19.2 Å². The van der Waals surface area contributed by atoms with Gasteiger partial charge in [-0.1, -0.05) is 36.4 Å². The summed E-state index contributed by atoms with van der Waals surface area (Å²) in [6, 6.07) is 14.3. The van der Waals surface area contributed by atoms with Gasteiger partial charge in [0.2, 0.25) is 0 Å². The molecule has 0 aliphatic carbocycles. The Morgan fingerprint density at radius 1 is 1.09 bits per heavy atom. The molecule has 35 heavy (non-hydrogen) atoms. The first-order valence-electron chi connectivity index (χ1n) is 12.8. The molecule has 0 saturated carbocycles. The number of rotatable bonds is 8. The molecule has 2 aromatic carbocycles. The van der Waals surface area contributed by atoms with Crippen molar-refractivity contribution in [2.45, 2.75) is 50.2 Å². The van der Waals surface area contributed by atoms with Gasteiger partial charge in [0, 0.05) is 51.9 Å². The number of likely N-dealkylation sites (tertiary alicyclic amines) is 2. The quantitative estimate of drug-likeness (QED) is 0.547. The first-order valence-corrected chi connectivity index (χ1v) is 12.8. The summed E-state index contributed by atoms with van der Waals surface area (Å²) >= 11 is 0. The topological polar surface area (TPSA) is 79.0 Å². The summed E-state index contributed by atoms with van der Waals surface area (Å²) in [5.74, 6) is -0.398. The smallest absolute Gasteiger partial charge is 0.320 e. The van der Waals surface area contributed by atoms with Gasteiger partial charge in [-0.05, 0) is 67.3 Å². The number of aliphatic hydroxyl groups is 1. The molecular weight excluding hydrogens is 445 g/mol. The van der Waals surface area contributed by atoms with Crippen LogP contribution < -0.4 is 5.73 Å². The van der Waals surface area contributed by atoms with Gasteiger partial charge in [0.1, 0.15) is 5.82 Å². The summed E-state index contributed by atoms with van der Waals surface area (Å²) < 4.78 is 18.9. The van der Waals surface area contributed by atoms with Gasteiger partial charge in [0.05, 0.1) is 5.60 Å². The van der Waals surface area contributed by atoms with Gasteiger partial charge in [-0.25, -0.2) is 9.18 Å². The van der Waals surface area contributed by atoms with Crippen LogP contribution in [0.1, 0.15) is 44.1 Å². The highest BCUT2D eigenvalue weighted by Gasteiger charge is 2.43. The Labute approximate surface area is 207 Å². The SMILES string of the molecule is COCCCC[C@@](O)(c1ccccc1-c1ccc(F)cc1)C1CCCN(C(=O)N2CCC(N)C2)C1. The number of carbonyl (C=O) groups is 1. The first kappa shape index (κ1) is 25.6. The molecule has 3 atom stereocenters. The lowest BCUT2D eigenvalue weighted by atomic mass is 9.72. The first-order chi connectivity index (χ1) is 16.9. The molecule has 2 saturated heterocycles. The standard InChI is InChI=1S/C28H38FN3O3/c1-35-18-5-4-15-28(34,26-9-3-2-8-25(26)21-10-12-23(29)13-11-21)22-7-6-16-31(19-22)27(33)32-17-14-24(30)20-32/h2-3,8-13,22,24,34H,4-7,14-20,30H2,1H3/t22?,24?,28-/m0/s1. The average molecular weight is 484 g/mol. The molecule has 2 aliphatic rings. The van der Waals surface area contributed by atoms with E-state index in [-0.39, 0.29) is 23.8 Å². The summed E-state index contributed by atoms with van der Waals surface area (Å²) in [7, 11) is 1.69. The molecule has 190 valence electrons. The molecular formula is C28H38FN3O3. The van der Waals surface area contributed by atoms with Crippen LogP contribution in [0, 0.1) is 11.7 Å². The van der Waals surface area contributed by atoms with Crippen molar-refractivity contribution in [3.8, 4) is 11.1 Å². The maximum absolute atomic E-state index is 13.6. The largest absolute Gasteiger partial charge is 0.385 e. The number of methoxy groups -OCH3 is 1. The lowest BCUT2D eigenvalue weighted by Gasteiger charge is -2.44. The fraction of sp³-hybridized carbons (Fsp3) is 0.536. The summed E-state index contributed by atoms with van der Waals surface area (Å²) in [5, 5.41) is 12.4. The summed E-state index contributed by atoms with van der Waals surface area (Å²) in [5.41, 5.74) is 7.52. The summed E-state index contributed by atoms with van der Waals surface area (Å²) in [4.78, 5) is 17.0. The molecule has 2 aromatic rings. The lowest BCUT2D eigenvalue weighted by molar-refractivity contribution is -0.0571. The van der Waals surface area contributed by atoms with Gasteiger partial charge in [0.15, 0.2) is 0 Å². The number of amides is 2. The highest BCUT2D eigenvalue weighted by Crippen LogP contribution is 2.43. The normalized spacial score (nSPS) is 22.3. The van der Waals surface area contributed by atoms with Crippen LogP contribution in [-0.2, 0) is 10.3 Å². The molecule has 2 unspecified atom stereocenters. The molecule has 0 spiro atoms. The van der Waals surface area contributed by atoms with Gasteiger partial charge >= 0.3 is 6.03 Å². The van der Waals surface area contributed by atoms with Crippen molar-refractivity contribution >= 4 is 6.03 Å². The third-order valence-corrected chi connectivity index (χ3v) is 7.57.